The molecule has 4 aliphatic rings. The van der Waals surface area contributed by atoms with Crippen LogP contribution >= 0.6 is 11.3 Å². The van der Waals surface area contributed by atoms with E-state index in [9.17, 15) is 9.70 Å². The van der Waals surface area contributed by atoms with E-state index in [1.54, 1.807) is 0 Å². The smallest absolute Gasteiger partial charge is 0.230 e. The molecule has 34 heavy (non-hydrogen) atoms. The number of aromatic nitrogens is 1. The molecule has 1 N–H and O–H groups in total. The molecule has 0 radical (unpaired) electrons. The molecule has 0 aliphatic heterocycles. The van der Waals surface area contributed by atoms with Crippen LogP contribution < -0.4 is 5.32 Å². The molecule has 166 valence electrons. The lowest BCUT2D eigenvalue weighted by molar-refractivity contribution is -0.121. The Morgan fingerprint density at radius 2 is 2.03 bits per heavy atom. The lowest BCUT2D eigenvalue weighted by atomic mass is 9.53. The van der Waals surface area contributed by atoms with Crippen molar-refractivity contribution in [3.05, 3.63) is 98.8 Å². The predicted molar refractivity (Wildman–Crippen MR) is 134 cm³/mol. The number of benzene rings is 2. The van der Waals surface area contributed by atoms with Crippen LogP contribution in [0.2, 0.25) is 0 Å². The second-order valence-electron chi connectivity index (χ2n) is 8.93. The molecule has 5 nitrogen and oxygen atoms in total. The highest BCUT2D eigenvalue weighted by molar-refractivity contribution is 7.14. The van der Waals surface area contributed by atoms with Gasteiger partial charge in [-0.15, -0.1) is 22.7 Å². The highest BCUT2D eigenvalue weighted by atomic mass is 32.1. The lowest BCUT2D eigenvalue weighted by Crippen LogP contribution is -2.48. The van der Waals surface area contributed by atoms with Gasteiger partial charge in [-0.25, -0.2) is 4.98 Å². The fourth-order valence-corrected chi connectivity index (χ4v) is 6.48. The van der Waals surface area contributed by atoms with Crippen molar-refractivity contribution < 1.29 is 4.79 Å². The number of thiazole rings is 1. The van der Waals surface area contributed by atoms with E-state index in [0.29, 0.717) is 11.6 Å². The van der Waals surface area contributed by atoms with Crippen LogP contribution in [0.3, 0.4) is 0 Å². The lowest BCUT2D eigenvalue weighted by Gasteiger charge is -2.51. The molecule has 1 fully saturated rings. The monoisotopic (exact) mass is 463 g/mol. The van der Waals surface area contributed by atoms with Gasteiger partial charge >= 0.3 is 0 Å². The van der Waals surface area contributed by atoms with Crippen LogP contribution in [0.1, 0.15) is 41.9 Å². The molecule has 3 atom stereocenters. The SMILES string of the molecule is C#Cc1cccc(-c2csc(NC(=O)C3CC4(N=O)C5=CCCC=C5C3c3ccccc34)n2)c1. The van der Waals surface area contributed by atoms with E-state index in [-0.39, 0.29) is 11.8 Å². The van der Waals surface area contributed by atoms with Crippen LogP contribution in [0.25, 0.3) is 11.3 Å². The summed E-state index contributed by atoms with van der Waals surface area (Å²) >= 11 is 1.38. The summed E-state index contributed by atoms with van der Waals surface area (Å²) in [4.78, 5) is 30.6. The first-order valence-electron chi connectivity index (χ1n) is 11.3. The normalized spacial score (nSPS) is 24.2. The van der Waals surface area contributed by atoms with Crippen molar-refractivity contribution in [1.82, 2.24) is 4.98 Å². The number of carbonyl (C=O) groups is 1. The van der Waals surface area contributed by atoms with E-state index in [1.165, 1.54) is 11.3 Å². The minimum atomic E-state index is -1.01. The molecule has 1 amide bonds. The number of fused-ring (bicyclic) bond motifs is 1. The van der Waals surface area contributed by atoms with E-state index in [2.05, 4.69) is 33.6 Å². The number of allylic oxidation sites excluding steroid dienone is 2. The highest BCUT2D eigenvalue weighted by Crippen LogP contribution is 2.62. The second kappa shape index (κ2) is 7.89. The number of terminal acetylenes is 1. The predicted octanol–water partition coefficient (Wildman–Crippen LogP) is 6.16. The fraction of sp³-hybridized carbons (Fsp3) is 0.214. The fourth-order valence-electron chi connectivity index (χ4n) is 5.75. The Labute approximate surface area is 201 Å². The molecule has 2 aromatic carbocycles. The maximum atomic E-state index is 13.6. The first-order chi connectivity index (χ1) is 16.6. The number of nitrogens with one attached hydrogen (secondary N) is 1. The van der Waals surface area contributed by atoms with Crippen LogP contribution in [-0.2, 0) is 10.3 Å². The molecule has 1 saturated carbocycles. The maximum absolute atomic E-state index is 13.6. The van der Waals surface area contributed by atoms with Crippen molar-refractivity contribution in [1.29, 1.82) is 0 Å². The Morgan fingerprint density at radius 1 is 1.18 bits per heavy atom. The Balaban J connectivity index is 1.34. The molecular formula is C28H21N3O2S. The van der Waals surface area contributed by atoms with E-state index in [4.69, 9.17) is 6.42 Å². The molecule has 3 unspecified atom stereocenters. The first kappa shape index (κ1) is 20.8. The molecular weight excluding hydrogens is 442 g/mol. The third-order valence-corrected chi connectivity index (χ3v) is 7.94. The Morgan fingerprint density at radius 3 is 2.88 bits per heavy atom. The van der Waals surface area contributed by atoms with Crippen LogP contribution in [0, 0.1) is 23.2 Å². The van der Waals surface area contributed by atoms with Crippen LogP contribution in [0.15, 0.2) is 82.4 Å². The summed E-state index contributed by atoms with van der Waals surface area (Å²) in [5.74, 6) is 2.03. The Bertz CT molecular complexity index is 1440. The number of nitrogens with zero attached hydrogens (tertiary/aromatic N) is 2. The number of hydrogen-bond donors (Lipinski definition) is 1. The summed E-state index contributed by atoms with van der Waals surface area (Å²) in [6.45, 7) is 0. The third kappa shape index (κ3) is 3.01. The number of carbonyl (C=O) groups excluding carboxylic acids is 1. The summed E-state index contributed by atoms with van der Waals surface area (Å²) < 4.78 is 0. The average molecular weight is 464 g/mol. The number of hydrogen-bond acceptors (Lipinski definition) is 5. The minimum absolute atomic E-state index is 0.0851. The summed E-state index contributed by atoms with van der Waals surface area (Å²) in [5.41, 5.74) is 5.49. The van der Waals surface area contributed by atoms with Crippen LogP contribution in [0.5, 0.6) is 0 Å². The van der Waals surface area contributed by atoms with Gasteiger partial charge in [0.05, 0.1) is 11.6 Å². The van der Waals surface area contributed by atoms with Crippen molar-refractivity contribution >= 4 is 22.4 Å². The average Bonchev–Trinajstić information content (AvgIpc) is 3.37. The molecule has 1 aromatic heterocycles. The number of amides is 1. The quantitative estimate of drug-likeness (QED) is 0.372. The zero-order valence-electron chi connectivity index (χ0n) is 18.3. The molecule has 0 spiro atoms. The van der Waals surface area contributed by atoms with E-state index < -0.39 is 11.5 Å². The summed E-state index contributed by atoms with van der Waals surface area (Å²) in [6, 6.07) is 15.5. The molecule has 7 rings (SSSR count). The van der Waals surface area contributed by atoms with Gasteiger partial charge in [0.2, 0.25) is 5.91 Å². The maximum Gasteiger partial charge on any atom is 0.230 e. The number of nitroso groups, excluding NO2 is 1. The van der Waals surface area contributed by atoms with Gasteiger partial charge in [-0.05, 0) is 53.7 Å². The molecule has 4 aliphatic carbocycles. The molecule has 3 aromatic rings. The van der Waals surface area contributed by atoms with Crippen molar-refractivity contribution in [3.63, 3.8) is 0 Å². The van der Waals surface area contributed by atoms with Crippen molar-refractivity contribution in [3.8, 4) is 23.6 Å². The number of anilines is 1. The van der Waals surface area contributed by atoms with E-state index in [0.717, 1.165) is 51.9 Å². The van der Waals surface area contributed by atoms with Crippen molar-refractivity contribution in [2.45, 2.75) is 30.7 Å². The Kier molecular flexibility index (Phi) is 4.82. The summed E-state index contributed by atoms with van der Waals surface area (Å²) in [7, 11) is 0. The molecule has 2 bridgehead atoms. The standard InChI is InChI=1S/C28H21N3O2S/c1-2-17-8-7-9-18(14-17)24-16-34-27(29-24)30-26(32)21-15-28(31-33)22-12-5-3-10-19(22)25(21)20-11-4-6-13-23(20)28/h1,3,5,7-14,16,21,25H,4,6,15H2,(H,29,30,32). The molecule has 1 heterocycles. The van der Waals surface area contributed by atoms with Gasteiger partial charge in [-0.3, -0.25) is 4.79 Å². The van der Waals surface area contributed by atoms with Gasteiger partial charge < -0.3 is 5.32 Å². The van der Waals surface area contributed by atoms with E-state index >= 15 is 0 Å². The third-order valence-electron chi connectivity index (χ3n) is 7.18. The second-order valence-corrected chi connectivity index (χ2v) is 9.79. The van der Waals surface area contributed by atoms with Crippen LogP contribution in [0.4, 0.5) is 5.13 Å². The largest absolute Gasteiger partial charge is 0.302 e. The first-order valence-corrected chi connectivity index (χ1v) is 12.2. The van der Waals surface area contributed by atoms with Gasteiger partial charge in [-0.1, -0.05) is 59.6 Å². The van der Waals surface area contributed by atoms with Gasteiger partial charge in [0.25, 0.3) is 0 Å². The Hall–Kier alpha value is -3.82. The van der Waals surface area contributed by atoms with Gasteiger partial charge in [-0.2, -0.15) is 0 Å². The summed E-state index contributed by atoms with van der Waals surface area (Å²) in [6.07, 6.45) is 12.0. The highest BCUT2D eigenvalue weighted by Gasteiger charge is 2.58. The molecule has 6 heteroatoms. The van der Waals surface area contributed by atoms with Gasteiger partial charge in [0, 0.05) is 22.4 Å². The minimum Gasteiger partial charge on any atom is -0.302 e. The molecule has 0 saturated heterocycles. The van der Waals surface area contributed by atoms with Gasteiger partial charge in [0.1, 0.15) is 0 Å². The number of rotatable bonds is 4. The topological polar surface area (TPSA) is 71.4 Å². The van der Waals surface area contributed by atoms with Gasteiger partial charge in [0.15, 0.2) is 10.7 Å². The zero-order chi connectivity index (χ0) is 23.3. The van der Waals surface area contributed by atoms with Crippen molar-refractivity contribution in [2.75, 3.05) is 5.32 Å². The van der Waals surface area contributed by atoms with Crippen molar-refractivity contribution in [2.24, 2.45) is 11.1 Å². The zero-order valence-corrected chi connectivity index (χ0v) is 19.1. The van der Waals surface area contributed by atoms with Crippen LogP contribution in [-0.4, -0.2) is 10.9 Å². The summed E-state index contributed by atoms with van der Waals surface area (Å²) in [5, 5.41) is 9.15. The van der Waals surface area contributed by atoms with E-state index in [1.807, 2.05) is 53.9 Å².